The van der Waals surface area contributed by atoms with E-state index in [9.17, 15) is 9.59 Å². The number of aliphatic carboxylic acids is 2. The maximum absolute atomic E-state index is 13.2. The molecule has 1 aromatic heterocycles. The number of amides is 2. The minimum absolute atomic E-state index is 0.0105. The number of carboxylic acid groups (broad SMARTS) is 2. The van der Waals surface area contributed by atoms with Crippen LogP contribution in [0.2, 0.25) is 0 Å². The summed E-state index contributed by atoms with van der Waals surface area (Å²) in [6, 6.07) is 5.84. The summed E-state index contributed by atoms with van der Waals surface area (Å²) < 4.78 is 5.50. The van der Waals surface area contributed by atoms with Gasteiger partial charge in [0.25, 0.3) is 11.9 Å². The van der Waals surface area contributed by atoms with E-state index in [4.69, 9.17) is 24.5 Å². The van der Waals surface area contributed by atoms with Gasteiger partial charge in [0, 0.05) is 57.9 Å². The Hall–Kier alpha value is -3.05. The molecule has 4 heterocycles. The molecular formula is C25H38N4O7. The number of fused-ring (bicyclic) bond motifs is 1. The average Bonchev–Trinajstić information content (AvgIpc) is 3.47. The van der Waals surface area contributed by atoms with Crippen molar-refractivity contribution in [3.8, 4) is 0 Å². The van der Waals surface area contributed by atoms with Crippen LogP contribution in [-0.2, 0) is 30.3 Å². The number of nitrogens with zero attached hydrogens (tertiary/aromatic N) is 2. The number of aromatic nitrogens is 1. The van der Waals surface area contributed by atoms with Crippen LogP contribution in [0.15, 0.2) is 24.4 Å². The molecule has 3 aliphatic rings. The average molecular weight is 507 g/mol. The third-order valence-electron chi connectivity index (χ3n) is 6.28. The van der Waals surface area contributed by atoms with E-state index in [1.807, 2.05) is 18.2 Å². The lowest BCUT2D eigenvalue weighted by Crippen LogP contribution is -2.57. The van der Waals surface area contributed by atoms with Crippen LogP contribution in [0, 0.1) is 0 Å². The Kier molecular flexibility index (Phi) is 11.7. The van der Waals surface area contributed by atoms with E-state index in [0.29, 0.717) is 19.6 Å². The molecule has 200 valence electrons. The van der Waals surface area contributed by atoms with E-state index in [1.54, 1.807) is 6.20 Å². The number of rotatable bonds is 6. The number of carbonyl (C=O) groups excluding carboxylic acids is 2. The highest BCUT2D eigenvalue weighted by Crippen LogP contribution is 2.38. The van der Waals surface area contributed by atoms with Crippen LogP contribution in [0.1, 0.15) is 58.1 Å². The number of nitrogens with one attached hydrogen (secondary N) is 2. The van der Waals surface area contributed by atoms with Crippen molar-refractivity contribution in [3.05, 3.63) is 30.1 Å². The van der Waals surface area contributed by atoms with Crippen LogP contribution in [0.4, 0.5) is 0 Å². The smallest absolute Gasteiger partial charge is 0.300 e. The van der Waals surface area contributed by atoms with Gasteiger partial charge in [-0.25, -0.2) is 0 Å². The number of pyridine rings is 1. The quantitative estimate of drug-likeness (QED) is 0.445. The van der Waals surface area contributed by atoms with Crippen molar-refractivity contribution in [2.45, 2.75) is 76.5 Å². The summed E-state index contributed by atoms with van der Waals surface area (Å²) in [6.45, 7) is 5.07. The van der Waals surface area contributed by atoms with Gasteiger partial charge in [-0.2, -0.15) is 0 Å². The molecule has 0 saturated carbocycles. The van der Waals surface area contributed by atoms with E-state index in [1.165, 1.54) is 0 Å². The third-order valence-corrected chi connectivity index (χ3v) is 6.28. The number of hydrogen-bond acceptors (Lipinski definition) is 7. The summed E-state index contributed by atoms with van der Waals surface area (Å²) in [4.78, 5) is 50.2. The van der Waals surface area contributed by atoms with Gasteiger partial charge in [0.15, 0.2) is 0 Å². The van der Waals surface area contributed by atoms with E-state index in [0.717, 1.165) is 71.2 Å². The predicted octanol–water partition coefficient (Wildman–Crippen LogP) is 1.21. The van der Waals surface area contributed by atoms with Crippen molar-refractivity contribution >= 4 is 23.8 Å². The molecule has 0 aromatic carbocycles. The fraction of sp³-hybridized carbons (Fsp3) is 0.640. The number of carbonyl (C=O) groups is 4. The van der Waals surface area contributed by atoms with Crippen molar-refractivity contribution in [3.63, 3.8) is 0 Å². The van der Waals surface area contributed by atoms with E-state index in [2.05, 4.69) is 20.5 Å². The molecule has 3 fully saturated rings. The maximum Gasteiger partial charge on any atom is 0.300 e. The molecule has 11 nitrogen and oxygen atoms in total. The van der Waals surface area contributed by atoms with Crippen LogP contribution in [0.3, 0.4) is 0 Å². The minimum Gasteiger partial charge on any atom is -0.481 e. The van der Waals surface area contributed by atoms with Crippen molar-refractivity contribution in [1.82, 2.24) is 20.5 Å². The van der Waals surface area contributed by atoms with Crippen molar-refractivity contribution in [2.75, 3.05) is 26.2 Å². The Morgan fingerprint density at radius 3 is 2.47 bits per heavy atom. The second-order valence-electron chi connectivity index (χ2n) is 9.21. The van der Waals surface area contributed by atoms with Gasteiger partial charge in [-0.1, -0.05) is 6.07 Å². The summed E-state index contributed by atoms with van der Waals surface area (Å²) in [5.41, 5.74) is 0.491. The van der Waals surface area contributed by atoms with E-state index < -0.39 is 17.5 Å². The molecule has 0 aliphatic carbocycles. The van der Waals surface area contributed by atoms with Crippen LogP contribution < -0.4 is 10.6 Å². The number of piperidine rings is 1. The van der Waals surface area contributed by atoms with Crippen LogP contribution >= 0.6 is 0 Å². The highest BCUT2D eigenvalue weighted by molar-refractivity contribution is 5.87. The van der Waals surface area contributed by atoms with E-state index in [-0.39, 0.29) is 24.0 Å². The molecule has 2 amide bonds. The Bertz CT molecular complexity index is 856. The zero-order valence-corrected chi connectivity index (χ0v) is 21.1. The van der Waals surface area contributed by atoms with Crippen molar-refractivity contribution in [2.24, 2.45) is 0 Å². The molecule has 3 atom stereocenters. The van der Waals surface area contributed by atoms with Gasteiger partial charge in [0.2, 0.25) is 11.8 Å². The third kappa shape index (κ3) is 9.19. The Labute approximate surface area is 211 Å². The maximum atomic E-state index is 13.2. The first-order chi connectivity index (χ1) is 17.1. The van der Waals surface area contributed by atoms with Gasteiger partial charge >= 0.3 is 0 Å². The van der Waals surface area contributed by atoms with Gasteiger partial charge in [-0.15, -0.1) is 0 Å². The van der Waals surface area contributed by atoms with Gasteiger partial charge in [0.1, 0.15) is 11.6 Å². The number of ether oxygens (including phenoxy) is 1. The van der Waals surface area contributed by atoms with Crippen LogP contribution in [0.25, 0.3) is 0 Å². The summed E-state index contributed by atoms with van der Waals surface area (Å²) in [6.07, 6.45) is 7.61. The van der Waals surface area contributed by atoms with E-state index >= 15 is 0 Å². The topological polar surface area (TPSA) is 158 Å². The van der Waals surface area contributed by atoms with Crippen LogP contribution in [-0.4, -0.2) is 87.8 Å². The molecular weight excluding hydrogens is 468 g/mol. The normalized spacial score (nSPS) is 24.7. The summed E-state index contributed by atoms with van der Waals surface area (Å²) >= 11 is 0. The molecule has 4 rings (SSSR count). The van der Waals surface area contributed by atoms with Crippen molar-refractivity contribution < 1.29 is 34.1 Å². The van der Waals surface area contributed by atoms with Gasteiger partial charge in [-0.3, -0.25) is 29.1 Å². The highest BCUT2D eigenvalue weighted by Gasteiger charge is 2.52. The largest absolute Gasteiger partial charge is 0.481 e. The molecule has 4 N–H and O–H groups in total. The lowest BCUT2D eigenvalue weighted by Gasteiger charge is -2.40. The number of hydrogen-bond donors (Lipinski definition) is 4. The lowest BCUT2D eigenvalue weighted by atomic mass is 9.84. The first-order valence-corrected chi connectivity index (χ1v) is 12.4. The first-order valence-electron chi connectivity index (χ1n) is 12.4. The second-order valence-corrected chi connectivity index (χ2v) is 9.21. The summed E-state index contributed by atoms with van der Waals surface area (Å²) in [7, 11) is 0. The zero-order valence-electron chi connectivity index (χ0n) is 21.1. The minimum atomic E-state index is -0.833. The van der Waals surface area contributed by atoms with Crippen LogP contribution in [0.5, 0.6) is 0 Å². The molecule has 1 aromatic rings. The number of carboxylic acids is 2. The molecule has 0 unspecified atom stereocenters. The Morgan fingerprint density at radius 2 is 1.86 bits per heavy atom. The summed E-state index contributed by atoms with van der Waals surface area (Å²) in [5, 5.41) is 21.1. The fourth-order valence-corrected chi connectivity index (χ4v) is 4.87. The highest BCUT2D eigenvalue weighted by atomic mass is 16.5. The molecule has 3 aliphatic heterocycles. The second kappa shape index (κ2) is 14.5. The van der Waals surface area contributed by atoms with Crippen molar-refractivity contribution in [1.29, 1.82) is 0 Å². The molecule has 3 saturated heterocycles. The van der Waals surface area contributed by atoms with Gasteiger partial charge in [0.05, 0.1) is 0 Å². The SMILES string of the molecule is CC(=O)O.CC(=O)O.O=C(N[C@@H]1CN2CCCC[C@@]2(C(=O)NCCc2ccccn2)C1)[C@H]1CCCO1. The predicted molar refractivity (Wildman–Crippen MR) is 131 cm³/mol. The molecule has 0 spiro atoms. The Morgan fingerprint density at radius 1 is 1.14 bits per heavy atom. The zero-order chi connectivity index (χ0) is 26.6. The summed E-state index contributed by atoms with van der Waals surface area (Å²) in [5.74, 6) is -1.59. The fourth-order valence-electron chi connectivity index (χ4n) is 4.87. The molecule has 36 heavy (non-hydrogen) atoms. The Balaban J connectivity index is 0.000000501. The molecule has 0 bridgehead atoms. The lowest BCUT2D eigenvalue weighted by molar-refractivity contribution is -0.135. The van der Waals surface area contributed by atoms with Gasteiger partial charge in [-0.05, 0) is 57.2 Å². The van der Waals surface area contributed by atoms with Gasteiger partial charge < -0.3 is 25.6 Å². The monoisotopic (exact) mass is 506 g/mol. The molecule has 0 radical (unpaired) electrons. The first kappa shape index (κ1) is 29.2. The standard InChI is InChI=1S/C21H30N4O3.2C2H4O2/c26-19(18-7-5-13-28-18)24-17-14-21(9-2-4-12-25(21)15-17)20(27)23-11-8-16-6-1-3-10-22-16;2*1-2(3)4/h1,3,6,10,17-18H,2,4-5,7-9,11-15H2,(H,23,27)(H,24,26);2*1H3,(H,3,4)/t17-,18+,21-;;/m0../s1. The molecule has 11 heteroatoms.